The second-order valence-electron chi connectivity index (χ2n) is 6.10. The number of carbonyl (C=O) groups is 3. The summed E-state index contributed by atoms with van der Waals surface area (Å²) in [6.07, 6.45) is 3.47. The van der Waals surface area contributed by atoms with Gasteiger partial charge in [0.05, 0.1) is 12.7 Å². The van der Waals surface area contributed by atoms with E-state index in [9.17, 15) is 14.4 Å². The zero-order valence-corrected chi connectivity index (χ0v) is 14.3. The minimum atomic E-state index is -1.01. The van der Waals surface area contributed by atoms with Crippen LogP contribution in [0.3, 0.4) is 0 Å². The smallest absolute Gasteiger partial charge is 0.335 e. The van der Waals surface area contributed by atoms with Gasteiger partial charge in [0, 0.05) is 25.4 Å². The van der Waals surface area contributed by atoms with E-state index in [0.717, 1.165) is 18.4 Å². The number of amides is 2. The molecule has 0 bridgehead atoms. The molecule has 0 atom stereocenters. The lowest BCUT2D eigenvalue weighted by atomic mass is 10.1. The Morgan fingerprint density at radius 1 is 1.20 bits per heavy atom. The molecule has 0 radical (unpaired) electrons. The van der Waals surface area contributed by atoms with Crippen molar-refractivity contribution in [3.05, 3.63) is 29.3 Å². The second kappa shape index (κ2) is 9.05. The van der Waals surface area contributed by atoms with Crippen LogP contribution in [0.15, 0.2) is 18.2 Å². The number of ether oxygens (including phenoxy) is 1. The number of nitrogens with one attached hydrogen (secondary N) is 2. The first-order chi connectivity index (χ1) is 12.0. The highest BCUT2D eigenvalue weighted by Gasteiger charge is 2.28. The van der Waals surface area contributed by atoms with Crippen molar-refractivity contribution in [2.24, 2.45) is 5.92 Å². The molecule has 25 heavy (non-hydrogen) atoms. The van der Waals surface area contributed by atoms with Crippen LogP contribution in [0.2, 0.25) is 0 Å². The molecule has 0 spiro atoms. The van der Waals surface area contributed by atoms with Gasteiger partial charge < -0.3 is 20.5 Å². The van der Waals surface area contributed by atoms with Crippen LogP contribution in [0, 0.1) is 5.92 Å². The minimum Gasteiger partial charge on any atom is -0.496 e. The molecule has 1 aliphatic carbocycles. The van der Waals surface area contributed by atoms with Gasteiger partial charge in [0.25, 0.3) is 0 Å². The maximum atomic E-state index is 11.8. The summed E-state index contributed by atoms with van der Waals surface area (Å²) in [5, 5.41) is 14.6. The molecule has 7 heteroatoms. The standard InChI is InChI=1S/C18H24N2O5/c1-25-15-11-14(18(23)24)7-4-12(15)8-10-19-16(21)3-2-9-20-17(22)13-5-6-13/h4,7,11,13H,2-3,5-6,8-10H2,1H3,(H,19,21)(H,20,22)(H,23,24). The highest BCUT2D eigenvalue weighted by atomic mass is 16.5. The molecular weight excluding hydrogens is 324 g/mol. The summed E-state index contributed by atoms with van der Waals surface area (Å²) in [5.41, 5.74) is 1.00. The summed E-state index contributed by atoms with van der Waals surface area (Å²) in [7, 11) is 1.49. The first-order valence-electron chi connectivity index (χ1n) is 8.46. The minimum absolute atomic E-state index is 0.0678. The van der Waals surface area contributed by atoms with Crippen LogP contribution in [0.5, 0.6) is 5.75 Å². The molecule has 1 fully saturated rings. The van der Waals surface area contributed by atoms with Crippen LogP contribution in [0.4, 0.5) is 0 Å². The van der Waals surface area contributed by atoms with E-state index in [1.54, 1.807) is 6.07 Å². The van der Waals surface area contributed by atoms with Crippen LogP contribution >= 0.6 is 0 Å². The molecule has 0 aromatic heterocycles. The molecule has 2 amide bonds. The van der Waals surface area contributed by atoms with E-state index in [-0.39, 0.29) is 23.3 Å². The Bertz CT molecular complexity index is 640. The topological polar surface area (TPSA) is 105 Å². The van der Waals surface area contributed by atoms with Crippen molar-refractivity contribution in [1.29, 1.82) is 0 Å². The fraction of sp³-hybridized carbons (Fsp3) is 0.500. The normalized spacial score (nSPS) is 13.2. The number of hydrogen-bond donors (Lipinski definition) is 3. The number of hydrogen-bond acceptors (Lipinski definition) is 4. The lowest BCUT2D eigenvalue weighted by Crippen LogP contribution is -2.29. The Morgan fingerprint density at radius 2 is 1.96 bits per heavy atom. The van der Waals surface area contributed by atoms with Crippen molar-refractivity contribution in [2.45, 2.75) is 32.1 Å². The summed E-state index contributed by atoms with van der Waals surface area (Å²) in [6.45, 7) is 0.962. The van der Waals surface area contributed by atoms with Crippen molar-refractivity contribution in [1.82, 2.24) is 10.6 Å². The number of carboxylic acids is 1. The lowest BCUT2D eigenvalue weighted by molar-refractivity contribution is -0.123. The number of benzene rings is 1. The molecule has 1 saturated carbocycles. The Hall–Kier alpha value is -2.57. The molecule has 1 aromatic carbocycles. The highest BCUT2D eigenvalue weighted by Crippen LogP contribution is 2.28. The first-order valence-corrected chi connectivity index (χ1v) is 8.46. The SMILES string of the molecule is COc1cc(C(=O)O)ccc1CCNC(=O)CCCNC(=O)C1CC1. The fourth-order valence-corrected chi connectivity index (χ4v) is 2.46. The number of carbonyl (C=O) groups excluding carboxylic acids is 2. The van der Waals surface area contributed by atoms with Gasteiger partial charge in [0.2, 0.25) is 11.8 Å². The van der Waals surface area contributed by atoms with Crippen LogP contribution in [-0.4, -0.2) is 43.1 Å². The van der Waals surface area contributed by atoms with E-state index in [1.165, 1.54) is 19.2 Å². The van der Waals surface area contributed by atoms with Crippen LogP contribution in [0.25, 0.3) is 0 Å². The predicted molar refractivity (Wildman–Crippen MR) is 91.6 cm³/mol. The number of carboxylic acid groups (broad SMARTS) is 1. The lowest BCUT2D eigenvalue weighted by Gasteiger charge is -2.10. The third-order valence-electron chi connectivity index (χ3n) is 4.08. The predicted octanol–water partition coefficient (Wildman–Crippen LogP) is 1.36. The Morgan fingerprint density at radius 3 is 2.60 bits per heavy atom. The average Bonchev–Trinajstić information content (AvgIpc) is 3.43. The van der Waals surface area contributed by atoms with Crippen molar-refractivity contribution in [3.63, 3.8) is 0 Å². The van der Waals surface area contributed by atoms with E-state index < -0.39 is 5.97 Å². The average molecular weight is 348 g/mol. The molecule has 0 aliphatic heterocycles. The zero-order chi connectivity index (χ0) is 18.2. The largest absolute Gasteiger partial charge is 0.496 e. The van der Waals surface area contributed by atoms with Crippen molar-refractivity contribution in [2.75, 3.05) is 20.2 Å². The number of rotatable bonds is 10. The Labute approximate surface area is 146 Å². The van der Waals surface area contributed by atoms with E-state index in [1.807, 2.05) is 0 Å². The summed E-state index contributed by atoms with van der Waals surface area (Å²) in [4.78, 5) is 34.2. The monoisotopic (exact) mass is 348 g/mol. The van der Waals surface area contributed by atoms with Crippen molar-refractivity contribution < 1.29 is 24.2 Å². The third kappa shape index (κ3) is 6.10. The molecule has 0 saturated heterocycles. The van der Waals surface area contributed by atoms with Gasteiger partial charge in [-0.2, -0.15) is 0 Å². The van der Waals surface area contributed by atoms with E-state index in [0.29, 0.717) is 38.1 Å². The molecule has 136 valence electrons. The van der Waals surface area contributed by atoms with Crippen LogP contribution in [0.1, 0.15) is 41.6 Å². The van der Waals surface area contributed by atoms with Crippen molar-refractivity contribution in [3.8, 4) is 5.75 Å². The van der Waals surface area contributed by atoms with E-state index in [4.69, 9.17) is 9.84 Å². The number of methoxy groups -OCH3 is 1. The molecule has 1 aliphatic rings. The summed E-state index contributed by atoms with van der Waals surface area (Å²) in [5.74, 6) is -0.292. The summed E-state index contributed by atoms with van der Waals surface area (Å²) >= 11 is 0. The van der Waals surface area contributed by atoms with Gasteiger partial charge >= 0.3 is 5.97 Å². The van der Waals surface area contributed by atoms with Gasteiger partial charge in [-0.1, -0.05) is 6.07 Å². The second-order valence-corrected chi connectivity index (χ2v) is 6.10. The quantitative estimate of drug-likeness (QED) is 0.554. The van der Waals surface area contributed by atoms with Gasteiger partial charge in [0.15, 0.2) is 0 Å². The molecular formula is C18H24N2O5. The van der Waals surface area contributed by atoms with Gasteiger partial charge in [0.1, 0.15) is 5.75 Å². The third-order valence-corrected chi connectivity index (χ3v) is 4.08. The Balaban J connectivity index is 1.66. The van der Waals surface area contributed by atoms with Gasteiger partial charge in [-0.15, -0.1) is 0 Å². The van der Waals surface area contributed by atoms with Gasteiger partial charge in [-0.3, -0.25) is 9.59 Å². The highest BCUT2D eigenvalue weighted by molar-refractivity contribution is 5.88. The molecule has 1 aromatic rings. The molecule has 0 unspecified atom stereocenters. The molecule has 7 nitrogen and oxygen atoms in total. The molecule has 0 heterocycles. The van der Waals surface area contributed by atoms with E-state index in [2.05, 4.69) is 10.6 Å². The van der Waals surface area contributed by atoms with E-state index >= 15 is 0 Å². The summed E-state index contributed by atoms with van der Waals surface area (Å²) < 4.78 is 5.20. The Kier molecular flexibility index (Phi) is 6.80. The van der Waals surface area contributed by atoms with Gasteiger partial charge in [-0.25, -0.2) is 4.79 Å². The van der Waals surface area contributed by atoms with Crippen molar-refractivity contribution >= 4 is 17.8 Å². The maximum Gasteiger partial charge on any atom is 0.335 e. The molecule has 3 N–H and O–H groups in total. The number of aromatic carboxylic acids is 1. The first kappa shape index (κ1) is 18.8. The van der Waals surface area contributed by atoms with Gasteiger partial charge in [-0.05, 0) is 43.4 Å². The fourth-order valence-electron chi connectivity index (χ4n) is 2.46. The zero-order valence-electron chi connectivity index (χ0n) is 14.3. The molecule has 2 rings (SSSR count). The van der Waals surface area contributed by atoms with Crippen LogP contribution in [-0.2, 0) is 16.0 Å². The van der Waals surface area contributed by atoms with Crippen LogP contribution < -0.4 is 15.4 Å². The maximum absolute atomic E-state index is 11.8. The summed E-state index contributed by atoms with van der Waals surface area (Å²) in [6, 6.07) is 4.69.